The van der Waals surface area contributed by atoms with E-state index in [1.807, 2.05) is 11.8 Å². The number of nitrogens with zero attached hydrogens (tertiary/aromatic N) is 1. The fraction of sp³-hybridized carbons (Fsp3) is 0.647. The molecular weight excluding hydrogens is 264 g/mol. The maximum Gasteiger partial charge on any atom is 0.0164 e. The Labute approximate surface area is 129 Å². The molecule has 0 saturated carbocycles. The maximum absolute atomic E-state index is 3.70. The molecule has 0 fully saturated rings. The van der Waals surface area contributed by atoms with Gasteiger partial charge in [0.15, 0.2) is 0 Å². The molecule has 20 heavy (non-hydrogen) atoms. The van der Waals surface area contributed by atoms with Crippen LogP contribution in [0.5, 0.6) is 0 Å². The summed E-state index contributed by atoms with van der Waals surface area (Å²) in [7, 11) is 4.30. The molecule has 1 rings (SSSR count). The quantitative estimate of drug-likeness (QED) is 0.521. The summed E-state index contributed by atoms with van der Waals surface area (Å²) in [5.41, 5.74) is 0. The van der Waals surface area contributed by atoms with Gasteiger partial charge in [-0.15, -0.1) is 11.8 Å². The number of hydrogen-bond donors (Lipinski definition) is 1. The lowest BCUT2D eigenvalue weighted by Crippen LogP contribution is -2.36. The Balaban J connectivity index is 2.31. The Kier molecular flexibility index (Phi) is 8.99. The molecule has 0 aliphatic carbocycles. The van der Waals surface area contributed by atoms with Crippen molar-refractivity contribution >= 4 is 11.8 Å². The number of benzene rings is 1. The van der Waals surface area contributed by atoms with Gasteiger partial charge in [0.1, 0.15) is 0 Å². The fourth-order valence-electron chi connectivity index (χ4n) is 2.22. The summed E-state index contributed by atoms with van der Waals surface area (Å²) in [5, 5.41) is 3.70. The standard InChI is InChI=1S/C17H30N2S/c1-15(2)18-16(10-8-9-13-19(3)4)14-20-17-11-6-5-7-12-17/h5-7,11-12,15-16,18H,8-10,13-14H2,1-4H3/t16-/m1/s1. The minimum atomic E-state index is 0.560. The van der Waals surface area contributed by atoms with E-state index in [0.29, 0.717) is 12.1 Å². The summed E-state index contributed by atoms with van der Waals surface area (Å²) < 4.78 is 0. The van der Waals surface area contributed by atoms with E-state index in [4.69, 9.17) is 0 Å². The lowest BCUT2D eigenvalue weighted by molar-refractivity contribution is 0.378. The monoisotopic (exact) mass is 294 g/mol. The lowest BCUT2D eigenvalue weighted by Gasteiger charge is -2.21. The lowest BCUT2D eigenvalue weighted by atomic mass is 10.1. The molecule has 0 aromatic heterocycles. The van der Waals surface area contributed by atoms with Crippen LogP contribution in [0.3, 0.4) is 0 Å². The highest BCUT2D eigenvalue weighted by Gasteiger charge is 2.10. The van der Waals surface area contributed by atoms with E-state index in [1.165, 1.54) is 30.7 Å². The molecule has 0 aliphatic heterocycles. The molecule has 2 nitrogen and oxygen atoms in total. The summed E-state index contributed by atoms with van der Waals surface area (Å²) in [6.07, 6.45) is 3.86. The maximum atomic E-state index is 3.70. The Bertz CT molecular complexity index is 338. The van der Waals surface area contributed by atoms with Crippen LogP contribution in [0, 0.1) is 0 Å². The molecule has 0 spiro atoms. The van der Waals surface area contributed by atoms with Gasteiger partial charge >= 0.3 is 0 Å². The summed E-state index contributed by atoms with van der Waals surface area (Å²) >= 11 is 1.96. The molecule has 0 bridgehead atoms. The molecule has 0 amide bonds. The SMILES string of the molecule is CC(C)N[C@H](CCCCN(C)C)CSc1ccccc1. The molecule has 0 unspecified atom stereocenters. The predicted molar refractivity (Wildman–Crippen MR) is 91.6 cm³/mol. The second-order valence-electron chi connectivity index (χ2n) is 5.94. The predicted octanol–water partition coefficient (Wildman–Crippen LogP) is 3.88. The molecule has 114 valence electrons. The van der Waals surface area contributed by atoms with Crippen molar-refractivity contribution in [1.29, 1.82) is 0 Å². The third-order valence-corrected chi connectivity index (χ3v) is 4.35. The third-order valence-electron chi connectivity index (χ3n) is 3.17. The highest BCUT2D eigenvalue weighted by atomic mass is 32.2. The van der Waals surface area contributed by atoms with Gasteiger partial charge in [0.05, 0.1) is 0 Å². The Hall–Kier alpha value is -0.510. The first-order valence-electron chi connectivity index (χ1n) is 7.66. The van der Waals surface area contributed by atoms with Gasteiger partial charge in [-0.1, -0.05) is 38.5 Å². The van der Waals surface area contributed by atoms with Gasteiger partial charge in [-0.05, 0) is 45.6 Å². The number of thioether (sulfide) groups is 1. The zero-order valence-electron chi connectivity index (χ0n) is 13.4. The van der Waals surface area contributed by atoms with E-state index < -0.39 is 0 Å². The van der Waals surface area contributed by atoms with Gasteiger partial charge in [-0.2, -0.15) is 0 Å². The van der Waals surface area contributed by atoms with Gasteiger partial charge in [0, 0.05) is 22.7 Å². The number of rotatable bonds is 10. The van der Waals surface area contributed by atoms with Crippen molar-refractivity contribution in [1.82, 2.24) is 10.2 Å². The van der Waals surface area contributed by atoms with Crippen LogP contribution >= 0.6 is 11.8 Å². The van der Waals surface area contributed by atoms with Crippen LogP contribution in [-0.2, 0) is 0 Å². The first-order chi connectivity index (χ1) is 9.58. The first-order valence-corrected chi connectivity index (χ1v) is 8.65. The van der Waals surface area contributed by atoms with Crippen LogP contribution < -0.4 is 5.32 Å². The average Bonchev–Trinajstić information content (AvgIpc) is 2.41. The van der Waals surface area contributed by atoms with Crippen molar-refractivity contribution in [3.63, 3.8) is 0 Å². The van der Waals surface area contributed by atoms with Crippen molar-refractivity contribution in [2.75, 3.05) is 26.4 Å². The smallest absolute Gasteiger partial charge is 0.0164 e. The van der Waals surface area contributed by atoms with Gasteiger partial charge in [0.2, 0.25) is 0 Å². The molecule has 3 heteroatoms. The topological polar surface area (TPSA) is 15.3 Å². The summed E-state index contributed by atoms with van der Waals surface area (Å²) in [6, 6.07) is 11.9. The Morgan fingerprint density at radius 2 is 1.80 bits per heavy atom. The van der Waals surface area contributed by atoms with Gasteiger partial charge < -0.3 is 10.2 Å². The molecule has 0 radical (unpaired) electrons. The average molecular weight is 295 g/mol. The second-order valence-corrected chi connectivity index (χ2v) is 7.03. The molecular formula is C17H30N2S. The summed E-state index contributed by atoms with van der Waals surface area (Å²) in [4.78, 5) is 3.64. The second kappa shape index (κ2) is 10.3. The van der Waals surface area contributed by atoms with Crippen molar-refractivity contribution in [2.24, 2.45) is 0 Å². The van der Waals surface area contributed by atoms with E-state index in [1.54, 1.807) is 0 Å². The van der Waals surface area contributed by atoms with Crippen LogP contribution in [0.15, 0.2) is 35.2 Å². The first kappa shape index (κ1) is 17.5. The van der Waals surface area contributed by atoms with E-state index >= 15 is 0 Å². The Morgan fingerprint density at radius 1 is 1.10 bits per heavy atom. The van der Waals surface area contributed by atoms with Crippen molar-refractivity contribution in [2.45, 2.75) is 50.1 Å². The van der Waals surface area contributed by atoms with E-state index in [0.717, 1.165) is 5.75 Å². The van der Waals surface area contributed by atoms with E-state index in [9.17, 15) is 0 Å². The minimum Gasteiger partial charge on any atom is -0.311 e. The van der Waals surface area contributed by atoms with Crippen LogP contribution in [0.2, 0.25) is 0 Å². The van der Waals surface area contributed by atoms with Gasteiger partial charge in [-0.3, -0.25) is 0 Å². The highest BCUT2D eigenvalue weighted by molar-refractivity contribution is 7.99. The van der Waals surface area contributed by atoms with Crippen LogP contribution in [0.25, 0.3) is 0 Å². The molecule has 0 saturated heterocycles. The van der Waals surface area contributed by atoms with Crippen molar-refractivity contribution in [3.8, 4) is 0 Å². The van der Waals surface area contributed by atoms with Crippen molar-refractivity contribution in [3.05, 3.63) is 30.3 Å². The Morgan fingerprint density at radius 3 is 2.40 bits per heavy atom. The molecule has 0 aliphatic rings. The zero-order chi connectivity index (χ0) is 14.8. The van der Waals surface area contributed by atoms with E-state index in [-0.39, 0.29) is 0 Å². The number of hydrogen-bond acceptors (Lipinski definition) is 3. The molecule has 0 heterocycles. The normalized spacial score (nSPS) is 13.1. The summed E-state index contributed by atoms with van der Waals surface area (Å²) in [6.45, 7) is 5.67. The van der Waals surface area contributed by atoms with Crippen molar-refractivity contribution < 1.29 is 0 Å². The van der Waals surface area contributed by atoms with E-state index in [2.05, 4.69) is 68.5 Å². The molecule has 1 aromatic rings. The third kappa shape index (κ3) is 8.62. The van der Waals surface area contributed by atoms with Gasteiger partial charge in [-0.25, -0.2) is 0 Å². The van der Waals surface area contributed by atoms with Crippen LogP contribution in [0.4, 0.5) is 0 Å². The molecule has 1 N–H and O–H groups in total. The number of nitrogens with one attached hydrogen (secondary N) is 1. The van der Waals surface area contributed by atoms with Gasteiger partial charge in [0.25, 0.3) is 0 Å². The molecule has 1 aromatic carbocycles. The minimum absolute atomic E-state index is 0.560. The number of unbranched alkanes of at least 4 members (excludes halogenated alkanes) is 1. The van der Waals surface area contributed by atoms with Crippen LogP contribution in [-0.4, -0.2) is 43.4 Å². The largest absolute Gasteiger partial charge is 0.311 e. The molecule has 1 atom stereocenters. The zero-order valence-corrected chi connectivity index (χ0v) is 14.2. The highest BCUT2D eigenvalue weighted by Crippen LogP contribution is 2.19. The fourth-order valence-corrected chi connectivity index (χ4v) is 3.22. The van der Waals surface area contributed by atoms with Crippen LogP contribution in [0.1, 0.15) is 33.1 Å². The summed E-state index contributed by atoms with van der Waals surface area (Å²) in [5.74, 6) is 1.16.